The first-order chi connectivity index (χ1) is 6.31. The van der Waals surface area contributed by atoms with Gasteiger partial charge < -0.3 is 10.7 Å². The number of imidazole rings is 1. The van der Waals surface area contributed by atoms with E-state index in [4.69, 9.17) is 5.73 Å². The quantitative estimate of drug-likeness (QED) is 0.853. The fourth-order valence-electron chi connectivity index (χ4n) is 1.59. The molecule has 1 aliphatic rings. The van der Waals surface area contributed by atoms with E-state index in [2.05, 4.69) is 25.9 Å². The number of H-pyrrole nitrogens is 1. The molecule has 1 saturated carbocycles. The first-order valence-electron chi connectivity index (χ1n) is 4.75. The molecule has 0 aromatic carbocycles. The zero-order valence-corrected chi connectivity index (χ0v) is 9.10. The molecule has 0 atom stereocenters. The lowest BCUT2D eigenvalue weighted by atomic mass is 9.85. The van der Waals surface area contributed by atoms with Crippen molar-refractivity contribution < 1.29 is 0 Å². The Kier molecular flexibility index (Phi) is 2.69. The zero-order valence-electron chi connectivity index (χ0n) is 7.52. The smallest absolute Gasteiger partial charge is 0.127 e. The second-order valence-electron chi connectivity index (χ2n) is 3.56. The van der Waals surface area contributed by atoms with Gasteiger partial charge in [-0.1, -0.05) is 6.42 Å². The van der Waals surface area contributed by atoms with Crippen molar-refractivity contribution in [2.24, 2.45) is 5.73 Å². The lowest BCUT2D eigenvalue weighted by Gasteiger charge is -2.22. The molecule has 3 nitrogen and oxygen atoms in total. The summed E-state index contributed by atoms with van der Waals surface area (Å²) in [6, 6.07) is 0. The molecule has 4 heteroatoms. The fourth-order valence-corrected chi connectivity index (χ4v) is 2.08. The van der Waals surface area contributed by atoms with Crippen molar-refractivity contribution in [2.45, 2.75) is 31.6 Å². The molecule has 3 N–H and O–H groups in total. The summed E-state index contributed by atoms with van der Waals surface area (Å²) in [5.41, 5.74) is 6.64. The molecule has 72 valence electrons. The molecular formula is C9H14BrN3. The summed E-state index contributed by atoms with van der Waals surface area (Å²) < 4.78 is 0.944. The van der Waals surface area contributed by atoms with Gasteiger partial charge in [0.05, 0.1) is 5.69 Å². The average Bonchev–Trinajstić information content (AvgIpc) is 2.30. The van der Waals surface area contributed by atoms with Crippen molar-refractivity contribution in [2.75, 3.05) is 6.54 Å². The summed E-state index contributed by atoms with van der Waals surface area (Å²) in [5.74, 6) is 1.81. The number of rotatable bonds is 3. The SMILES string of the molecule is NCCc1[nH]c(C2CCC2)nc1Br. The molecule has 0 amide bonds. The summed E-state index contributed by atoms with van der Waals surface area (Å²) in [6.07, 6.45) is 4.78. The summed E-state index contributed by atoms with van der Waals surface area (Å²) in [4.78, 5) is 7.80. The van der Waals surface area contributed by atoms with E-state index in [0.29, 0.717) is 12.5 Å². The molecule has 13 heavy (non-hydrogen) atoms. The second kappa shape index (κ2) is 3.80. The van der Waals surface area contributed by atoms with Crippen LogP contribution < -0.4 is 5.73 Å². The van der Waals surface area contributed by atoms with Gasteiger partial charge in [0.25, 0.3) is 0 Å². The van der Waals surface area contributed by atoms with Crippen molar-refractivity contribution in [3.05, 3.63) is 16.1 Å². The van der Waals surface area contributed by atoms with E-state index < -0.39 is 0 Å². The van der Waals surface area contributed by atoms with Crippen LogP contribution in [0, 0.1) is 0 Å². The molecule has 0 bridgehead atoms. The van der Waals surface area contributed by atoms with E-state index in [1.54, 1.807) is 0 Å². The van der Waals surface area contributed by atoms with Gasteiger partial charge in [0, 0.05) is 12.3 Å². The number of hydrogen-bond donors (Lipinski definition) is 2. The normalized spacial score (nSPS) is 17.4. The van der Waals surface area contributed by atoms with E-state index in [9.17, 15) is 0 Å². The van der Waals surface area contributed by atoms with E-state index in [0.717, 1.165) is 22.5 Å². The summed E-state index contributed by atoms with van der Waals surface area (Å²) in [5, 5.41) is 0. The number of nitrogens with two attached hydrogens (primary N) is 1. The monoisotopic (exact) mass is 243 g/mol. The molecular weight excluding hydrogens is 230 g/mol. The maximum absolute atomic E-state index is 5.49. The fraction of sp³-hybridized carbons (Fsp3) is 0.667. The summed E-state index contributed by atoms with van der Waals surface area (Å²) in [6.45, 7) is 0.672. The van der Waals surface area contributed by atoms with Gasteiger partial charge in [-0.15, -0.1) is 0 Å². The highest BCUT2D eigenvalue weighted by molar-refractivity contribution is 9.10. The Morgan fingerprint density at radius 3 is 2.85 bits per heavy atom. The van der Waals surface area contributed by atoms with Crippen molar-refractivity contribution in [3.63, 3.8) is 0 Å². The first kappa shape index (κ1) is 9.21. The largest absolute Gasteiger partial charge is 0.345 e. The van der Waals surface area contributed by atoms with Gasteiger partial charge >= 0.3 is 0 Å². The highest BCUT2D eigenvalue weighted by Crippen LogP contribution is 2.35. The molecule has 1 aliphatic carbocycles. The van der Waals surface area contributed by atoms with Crippen LogP contribution in [0.3, 0.4) is 0 Å². The van der Waals surface area contributed by atoms with Gasteiger partial charge in [-0.3, -0.25) is 0 Å². The highest BCUT2D eigenvalue weighted by atomic mass is 79.9. The van der Waals surface area contributed by atoms with Crippen LogP contribution in [0.4, 0.5) is 0 Å². The van der Waals surface area contributed by atoms with Gasteiger partial charge in [-0.05, 0) is 35.3 Å². The maximum atomic E-state index is 5.49. The van der Waals surface area contributed by atoms with Crippen LogP contribution in [0.15, 0.2) is 4.60 Å². The van der Waals surface area contributed by atoms with Crippen molar-refractivity contribution >= 4 is 15.9 Å². The molecule has 1 fully saturated rings. The average molecular weight is 244 g/mol. The summed E-state index contributed by atoms with van der Waals surface area (Å²) >= 11 is 3.44. The molecule has 0 radical (unpaired) electrons. The first-order valence-corrected chi connectivity index (χ1v) is 5.55. The molecule has 1 aromatic heterocycles. The minimum absolute atomic E-state index is 0.669. The number of nitrogens with zero attached hydrogens (tertiary/aromatic N) is 1. The molecule has 1 aromatic rings. The van der Waals surface area contributed by atoms with Gasteiger partial charge in [-0.2, -0.15) is 0 Å². The lowest BCUT2D eigenvalue weighted by Crippen LogP contribution is -2.10. The van der Waals surface area contributed by atoms with Crippen LogP contribution in [0.25, 0.3) is 0 Å². The van der Waals surface area contributed by atoms with E-state index in [1.165, 1.54) is 19.3 Å². The van der Waals surface area contributed by atoms with Crippen LogP contribution in [0.2, 0.25) is 0 Å². The molecule has 0 unspecified atom stereocenters. The van der Waals surface area contributed by atoms with Crippen LogP contribution >= 0.6 is 15.9 Å². The minimum atomic E-state index is 0.669. The predicted molar refractivity (Wildman–Crippen MR) is 55.6 cm³/mol. The van der Waals surface area contributed by atoms with Gasteiger partial charge in [0.1, 0.15) is 10.4 Å². The Labute approximate surface area is 86.3 Å². The Hall–Kier alpha value is -0.350. The Morgan fingerprint density at radius 1 is 1.54 bits per heavy atom. The van der Waals surface area contributed by atoms with Gasteiger partial charge in [0.2, 0.25) is 0 Å². The lowest BCUT2D eigenvalue weighted by molar-refractivity contribution is 0.403. The Balaban J connectivity index is 2.14. The molecule has 0 aliphatic heterocycles. The number of aromatic nitrogens is 2. The molecule has 1 heterocycles. The number of aromatic amines is 1. The summed E-state index contributed by atoms with van der Waals surface area (Å²) in [7, 11) is 0. The second-order valence-corrected chi connectivity index (χ2v) is 4.31. The van der Waals surface area contributed by atoms with E-state index in [-0.39, 0.29) is 0 Å². The topological polar surface area (TPSA) is 54.7 Å². The van der Waals surface area contributed by atoms with E-state index >= 15 is 0 Å². The molecule has 0 saturated heterocycles. The Morgan fingerprint density at radius 2 is 2.31 bits per heavy atom. The van der Waals surface area contributed by atoms with Crippen LogP contribution in [-0.4, -0.2) is 16.5 Å². The third-order valence-electron chi connectivity index (χ3n) is 2.63. The third-order valence-corrected chi connectivity index (χ3v) is 3.29. The predicted octanol–water partition coefficient (Wildman–Crippen LogP) is 1.94. The van der Waals surface area contributed by atoms with Gasteiger partial charge in [-0.25, -0.2) is 4.98 Å². The third kappa shape index (κ3) is 1.79. The number of hydrogen-bond acceptors (Lipinski definition) is 2. The highest BCUT2D eigenvalue weighted by Gasteiger charge is 2.23. The van der Waals surface area contributed by atoms with Crippen LogP contribution in [0.1, 0.15) is 36.7 Å². The van der Waals surface area contributed by atoms with Crippen molar-refractivity contribution in [3.8, 4) is 0 Å². The van der Waals surface area contributed by atoms with Crippen molar-refractivity contribution in [1.82, 2.24) is 9.97 Å². The molecule has 0 spiro atoms. The minimum Gasteiger partial charge on any atom is -0.345 e. The van der Waals surface area contributed by atoms with Crippen molar-refractivity contribution in [1.29, 1.82) is 0 Å². The number of nitrogens with one attached hydrogen (secondary N) is 1. The maximum Gasteiger partial charge on any atom is 0.127 e. The number of halogens is 1. The molecule has 2 rings (SSSR count). The standard InChI is InChI=1S/C9H14BrN3/c10-8-7(4-5-11)12-9(13-8)6-2-1-3-6/h6H,1-5,11H2,(H,12,13). The van der Waals surface area contributed by atoms with Crippen LogP contribution in [0.5, 0.6) is 0 Å². The van der Waals surface area contributed by atoms with E-state index in [1.807, 2.05) is 0 Å². The zero-order chi connectivity index (χ0) is 9.26. The van der Waals surface area contributed by atoms with Crippen LogP contribution in [-0.2, 0) is 6.42 Å². The Bertz CT molecular complexity index is 291. The van der Waals surface area contributed by atoms with Gasteiger partial charge in [0.15, 0.2) is 0 Å².